The Morgan fingerprint density at radius 1 is 1.21 bits per heavy atom. The second-order valence-corrected chi connectivity index (χ2v) is 9.24. The zero-order valence-electron chi connectivity index (χ0n) is 18.9. The van der Waals surface area contributed by atoms with Crippen molar-refractivity contribution in [3.8, 4) is 5.75 Å². The molecule has 8 heteroatoms. The van der Waals surface area contributed by atoms with Gasteiger partial charge in [0.15, 0.2) is 0 Å². The van der Waals surface area contributed by atoms with Crippen molar-refractivity contribution in [3.05, 3.63) is 70.5 Å². The number of hydrogen-bond acceptors (Lipinski definition) is 5. The number of amides is 2. The average molecular weight is 513 g/mol. The Morgan fingerprint density at radius 3 is 2.73 bits per heavy atom. The van der Waals surface area contributed by atoms with E-state index in [-0.39, 0.29) is 30.4 Å². The minimum Gasteiger partial charge on any atom is -0.494 e. The monoisotopic (exact) mass is 512 g/mol. The van der Waals surface area contributed by atoms with Crippen LogP contribution in [0.25, 0.3) is 0 Å². The van der Waals surface area contributed by atoms with Crippen LogP contribution in [-0.2, 0) is 9.59 Å². The Morgan fingerprint density at radius 2 is 2.00 bits per heavy atom. The Labute approximate surface area is 202 Å². The molecule has 1 saturated heterocycles. The molecule has 0 aliphatic carbocycles. The summed E-state index contributed by atoms with van der Waals surface area (Å²) in [5.74, 6) is 0.538. The summed E-state index contributed by atoms with van der Waals surface area (Å²) in [6.45, 7) is 4.79. The average Bonchev–Trinajstić information content (AvgIpc) is 3.24. The normalized spacial score (nSPS) is 19.5. The van der Waals surface area contributed by atoms with Crippen molar-refractivity contribution < 1.29 is 14.3 Å². The maximum Gasteiger partial charge on any atom is 0.251 e. The molecule has 0 spiro atoms. The van der Waals surface area contributed by atoms with Crippen LogP contribution in [0.15, 0.2) is 59.3 Å². The van der Waals surface area contributed by atoms with E-state index in [0.717, 1.165) is 40.8 Å². The van der Waals surface area contributed by atoms with Gasteiger partial charge < -0.3 is 20.0 Å². The highest BCUT2D eigenvalue weighted by atomic mass is 79.9. The first kappa shape index (κ1) is 23.3. The molecule has 0 bridgehead atoms. The Bertz CT molecular complexity index is 1040. The molecule has 33 heavy (non-hydrogen) atoms. The number of nitrogens with one attached hydrogen (secondary N) is 2. The SMILES string of the molecule is CCCCOc1ccc(C2CC3C(=O)N(CC(=O)Nc4ccc(Br)c(C)c4)C=CN3N2)cc1. The maximum atomic E-state index is 13.1. The van der Waals surface area contributed by atoms with Crippen LogP contribution in [0.1, 0.15) is 43.4 Å². The molecule has 2 atom stereocenters. The van der Waals surface area contributed by atoms with E-state index in [1.807, 2.05) is 60.6 Å². The summed E-state index contributed by atoms with van der Waals surface area (Å²) in [7, 11) is 0. The van der Waals surface area contributed by atoms with E-state index in [2.05, 4.69) is 33.6 Å². The number of aryl methyl sites for hydroxylation is 1. The molecule has 2 unspecified atom stereocenters. The Kier molecular flexibility index (Phi) is 7.35. The van der Waals surface area contributed by atoms with E-state index < -0.39 is 0 Å². The number of benzene rings is 2. The Balaban J connectivity index is 1.33. The molecule has 2 N–H and O–H groups in total. The lowest BCUT2D eigenvalue weighted by Crippen LogP contribution is -2.49. The van der Waals surface area contributed by atoms with Crippen LogP contribution < -0.4 is 15.5 Å². The van der Waals surface area contributed by atoms with Gasteiger partial charge >= 0.3 is 0 Å². The molecule has 2 heterocycles. The molecule has 0 radical (unpaired) electrons. The van der Waals surface area contributed by atoms with Crippen LogP contribution in [0.2, 0.25) is 0 Å². The fourth-order valence-electron chi connectivity index (χ4n) is 3.99. The molecule has 2 aromatic carbocycles. The number of carbonyl (C=O) groups is 2. The van der Waals surface area contributed by atoms with Gasteiger partial charge in [-0.1, -0.05) is 41.4 Å². The quantitative estimate of drug-likeness (QED) is 0.509. The summed E-state index contributed by atoms with van der Waals surface area (Å²) in [4.78, 5) is 27.1. The van der Waals surface area contributed by atoms with Crippen molar-refractivity contribution in [2.45, 2.75) is 45.2 Å². The van der Waals surface area contributed by atoms with E-state index in [1.54, 1.807) is 6.20 Å². The lowest BCUT2D eigenvalue weighted by molar-refractivity contribution is -0.137. The van der Waals surface area contributed by atoms with Crippen LogP contribution >= 0.6 is 15.9 Å². The van der Waals surface area contributed by atoms with E-state index in [1.165, 1.54) is 4.90 Å². The molecule has 2 aromatic rings. The van der Waals surface area contributed by atoms with Crippen LogP contribution in [-0.4, -0.2) is 40.9 Å². The number of halogens is 1. The Hall–Kier alpha value is -2.84. The number of hydrogen-bond donors (Lipinski definition) is 2. The van der Waals surface area contributed by atoms with Gasteiger partial charge in [0.25, 0.3) is 5.91 Å². The van der Waals surface area contributed by atoms with Crippen LogP contribution in [0.4, 0.5) is 5.69 Å². The zero-order chi connectivity index (χ0) is 23.4. The minimum atomic E-state index is -0.344. The fraction of sp³-hybridized carbons (Fsp3) is 0.360. The van der Waals surface area contributed by atoms with Gasteiger partial charge in [0.2, 0.25) is 5.91 Å². The molecule has 2 aliphatic rings. The molecule has 1 fully saturated rings. The highest BCUT2D eigenvalue weighted by Gasteiger charge is 2.40. The number of nitrogens with zero attached hydrogens (tertiary/aromatic N) is 2. The van der Waals surface area contributed by atoms with Crippen molar-refractivity contribution in [2.75, 3.05) is 18.5 Å². The van der Waals surface area contributed by atoms with Crippen LogP contribution in [0.5, 0.6) is 5.75 Å². The van der Waals surface area contributed by atoms with E-state index in [0.29, 0.717) is 12.1 Å². The number of fused-ring (bicyclic) bond motifs is 1. The third-order valence-corrected chi connectivity index (χ3v) is 6.77. The maximum absolute atomic E-state index is 13.1. The molecule has 0 aromatic heterocycles. The molecule has 2 aliphatic heterocycles. The number of hydrazine groups is 1. The summed E-state index contributed by atoms with van der Waals surface area (Å²) in [5.41, 5.74) is 6.23. The van der Waals surface area contributed by atoms with Gasteiger partial charge in [-0.15, -0.1) is 0 Å². The molecule has 7 nitrogen and oxygen atoms in total. The third kappa shape index (κ3) is 5.57. The lowest BCUT2D eigenvalue weighted by Gasteiger charge is -2.31. The molecule has 2 amide bonds. The van der Waals surface area contributed by atoms with Crippen molar-refractivity contribution in [3.63, 3.8) is 0 Å². The first-order valence-electron chi connectivity index (χ1n) is 11.3. The molecule has 174 valence electrons. The van der Waals surface area contributed by atoms with Crippen molar-refractivity contribution >= 4 is 33.4 Å². The minimum absolute atomic E-state index is 0.0211. The predicted octanol–water partition coefficient (Wildman–Crippen LogP) is 4.51. The molecular weight excluding hydrogens is 484 g/mol. The van der Waals surface area contributed by atoms with Crippen molar-refractivity contribution in [1.82, 2.24) is 15.3 Å². The van der Waals surface area contributed by atoms with Crippen LogP contribution in [0, 0.1) is 6.92 Å². The smallest absolute Gasteiger partial charge is 0.251 e. The van der Waals surface area contributed by atoms with Gasteiger partial charge in [0.05, 0.1) is 12.6 Å². The van der Waals surface area contributed by atoms with Gasteiger partial charge in [-0.05, 0) is 61.2 Å². The zero-order valence-corrected chi connectivity index (χ0v) is 20.5. The summed E-state index contributed by atoms with van der Waals surface area (Å²) < 4.78 is 6.72. The van der Waals surface area contributed by atoms with Gasteiger partial charge in [-0.3, -0.25) is 9.59 Å². The largest absolute Gasteiger partial charge is 0.494 e. The molecule has 4 rings (SSSR count). The first-order valence-corrected chi connectivity index (χ1v) is 12.1. The van der Waals surface area contributed by atoms with Crippen molar-refractivity contribution in [1.29, 1.82) is 0 Å². The number of carbonyl (C=O) groups excluding carboxylic acids is 2. The van der Waals surface area contributed by atoms with Gasteiger partial charge in [0.1, 0.15) is 18.3 Å². The third-order valence-electron chi connectivity index (χ3n) is 5.88. The van der Waals surface area contributed by atoms with E-state index in [9.17, 15) is 9.59 Å². The van der Waals surface area contributed by atoms with Crippen molar-refractivity contribution in [2.24, 2.45) is 0 Å². The summed E-state index contributed by atoms with van der Waals surface area (Å²) in [5, 5.41) is 4.71. The van der Waals surface area contributed by atoms with Gasteiger partial charge in [-0.2, -0.15) is 0 Å². The van der Waals surface area contributed by atoms with E-state index >= 15 is 0 Å². The summed E-state index contributed by atoms with van der Waals surface area (Å²) in [6, 6.07) is 13.3. The lowest BCUT2D eigenvalue weighted by atomic mass is 10.0. The van der Waals surface area contributed by atoms with Crippen LogP contribution in [0.3, 0.4) is 0 Å². The van der Waals surface area contributed by atoms with Gasteiger partial charge in [0, 0.05) is 22.6 Å². The highest BCUT2D eigenvalue weighted by Crippen LogP contribution is 2.31. The number of unbranched alkanes of at least 4 members (excludes halogenated alkanes) is 1. The second kappa shape index (κ2) is 10.4. The molecule has 0 saturated carbocycles. The van der Waals surface area contributed by atoms with Gasteiger partial charge in [-0.25, -0.2) is 5.43 Å². The molecular formula is C25H29BrN4O3. The summed E-state index contributed by atoms with van der Waals surface area (Å²) >= 11 is 3.46. The predicted molar refractivity (Wildman–Crippen MR) is 131 cm³/mol. The highest BCUT2D eigenvalue weighted by molar-refractivity contribution is 9.10. The number of rotatable bonds is 8. The number of anilines is 1. The standard InChI is InChI=1S/C25H29BrN4O3/c1-3-4-13-33-20-8-5-18(6-9-20)22-15-23-25(32)29(11-12-30(23)28-22)16-24(31)27-19-7-10-21(26)17(2)14-19/h5-12,14,22-23,28H,3-4,13,15-16H2,1-2H3,(H,27,31). The number of ether oxygens (including phenoxy) is 1. The second-order valence-electron chi connectivity index (χ2n) is 8.39. The topological polar surface area (TPSA) is 73.9 Å². The fourth-order valence-corrected chi connectivity index (χ4v) is 4.24. The van der Waals surface area contributed by atoms with E-state index in [4.69, 9.17) is 4.74 Å². The summed E-state index contributed by atoms with van der Waals surface area (Å²) in [6.07, 6.45) is 6.25. The first-order chi connectivity index (χ1) is 15.9.